The SMILES string of the molecule is CC(C)(C)c1cc2c3c(c1)Oc1ccc4c(oc5ccc6c(c54)CCC6)c1B3c1cc3c(cc1O2)-c1ccccc1C3(C)C. The first-order valence-electron chi connectivity index (χ1n) is 16.0. The Morgan fingerprint density at radius 3 is 2.34 bits per heavy atom. The minimum absolute atomic E-state index is 0.0573. The first-order valence-corrected chi connectivity index (χ1v) is 16.0. The quantitative estimate of drug-likeness (QED) is 0.171. The van der Waals surface area contributed by atoms with Crippen molar-refractivity contribution in [2.75, 3.05) is 0 Å². The fraction of sp³-hybridized carbons (Fsp3) is 0.250. The van der Waals surface area contributed by atoms with E-state index in [1.165, 1.54) is 61.6 Å². The van der Waals surface area contributed by atoms with E-state index in [1.807, 2.05) is 0 Å². The zero-order valence-corrected chi connectivity index (χ0v) is 25.9. The maximum atomic E-state index is 6.90. The molecule has 0 fully saturated rings. The molecule has 0 bridgehead atoms. The molecule has 0 spiro atoms. The average molecular weight is 573 g/mol. The van der Waals surface area contributed by atoms with Crippen LogP contribution in [0.3, 0.4) is 0 Å². The van der Waals surface area contributed by atoms with Crippen molar-refractivity contribution in [3.63, 3.8) is 0 Å². The van der Waals surface area contributed by atoms with Crippen LogP contribution in [0.2, 0.25) is 0 Å². The molecule has 0 saturated carbocycles. The van der Waals surface area contributed by atoms with Crippen LogP contribution >= 0.6 is 0 Å². The summed E-state index contributed by atoms with van der Waals surface area (Å²) in [6.07, 6.45) is 3.47. The third kappa shape index (κ3) is 3.04. The van der Waals surface area contributed by atoms with E-state index in [-0.39, 0.29) is 17.5 Å². The summed E-state index contributed by atoms with van der Waals surface area (Å²) in [6, 6.07) is 26.9. The van der Waals surface area contributed by atoms with Gasteiger partial charge in [0.2, 0.25) is 0 Å². The van der Waals surface area contributed by atoms with Crippen molar-refractivity contribution in [3.05, 3.63) is 101 Å². The summed E-state index contributed by atoms with van der Waals surface area (Å²) in [6.45, 7) is 11.4. The summed E-state index contributed by atoms with van der Waals surface area (Å²) >= 11 is 0. The number of hydrogen-bond donors (Lipinski definition) is 0. The van der Waals surface area contributed by atoms with Crippen molar-refractivity contribution in [2.24, 2.45) is 0 Å². The summed E-state index contributed by atoms with van der Waals surface area (Å²) in [5, 5.41) is 2.48. The number of ether oxygens (including phenoxy) is 2. The van der Waals surface area contributed by atoms with Gasteiger partial charge < -0.3 is 13.9 Å². The van der Waals surface area contributed by atoms with E-state index < -0.39 is 0 Å². The molecule has 2 aliphatic carbocycles. The molecule has 10 rings (SSSR count). The van der Waals surface area contributed by atoms with Crippen LogP contribution in [-0.4, -0.2) is 6.71 Å². The Morgan fingerprint density at radius 1 is 0.727 bits per heavy atom. The lowest BCUT2D eigenvalue weighted by molar-refractivity contribution is 0.458. The normalized spacial score (nSPS) is 16.5. The van der Waals surface area contributed by atoms with Gasteiger partial charge in [0.25, 0.3) is 6.71 Å². The summed E-state index contributed by atoms with van der Waals surface area (Å²) in [4.78, 5) is 0. The van der Waals surface area contributed by atoms with Gasteiger partial charge in [-0.15, -0.1) is 0 Å². The van der Waals surface area contributed by atoms with Crippen LogP contribution in [0.25, 0.3) is 33.1 Å². The zero-order valence-electron chi connectivity index (χ0n) is 25.9. The third-order valence-electron chi connectivity index (χ3n) is 10.9. The molecule has 0 N–H and O–H groups in total. The van der Waals surface area contributed by atoms with E-state index >= 15 is 0 Å². The van der Waals surface area contributed by atoms with Gasteiger partial charge in [0.1, 0.15) is 34.2 Å². The van der Waals surface area contributed by atoms with Gasteiger partial charge in [0, 0.05) is 27.1 Å². The van der Waals surface area contributed by atoms with Crippen LogP contribution in [0.4, 0.5) is 0 Å². The van der Waals surface area contributed by atoms with Gasteiger partial charge in [0.05, 0.1) is 0 Å². The third-order valence-corrected chi connectivity index (χ3v) is 10.9. The van der Waals surface area contributed by atoms with Crippen molar-refractivity contribution in [2.45, 2.75) is 64.7 Å². The Labute approximate surface area is 257 Å². The highest BCUT2D eigenvalue weighted by molar-refractivity contribution is 6.99. The van der Waals surface area contributed by atoms with Crippen molar-refractivity contribution in [1.29, 1.82) is 0 Å². The summed E-state index contributed by atoms with van der Waals surface area (Å²) in [5.41, 5.74) is 14.5. The van der Waals surface area contributed by atoms with Gasteiger partial charge in [-0.3, -0.25) is 0 Å². The minimum atomic E-state index is -0.111. The van der Waals surface area contributed by atoms with Gasteiger partial charge >= 0.3 is 0 Å². The first-order chi connectivity index (χ1) is 21.2. The molecule has 3 nitrogen and oxygen atoms in total. The molecular weight excluding hydrogens is 539 g/mol. The molecule has 0 atom stereocenters. The Kier molecular flexibility index (Phi) is 4.53. The summed E-state index contributed by atoms with van der Waals surface area (Å²) in [7, 11) is 0. The second kappa shape index (κ2) is 7.98. The van der Waals surface area contributed by atoms with Crippen LogP contribution in [-0.2, 0) is 23.7 Å². The van der Waals surface area contributed by atoms with E-state index in [0.717, 1.165) is 57.9 Å². The smallest absolute Gasteiger partial charge is 0.265 e. The Hall–Kier alpha value is -4.44. The molecule has 2 aliphatic heterocycles. The van der Waals surface area contributed by atoms with Crippen LogP contribution in [0.1, 0.15) is 68.9 Å². The zero-order chi connectivity index (χ0) is 29.7. The first kappa shape index (κ1) is 24.9. The minimum Gasteiger partial charge on any atom is -0.458 e. The molecule has 4 aliphatic rings. The number of furan rings is 1. The fourth-order valence-electron chi connectivity index (χ4n) is 8.62. The summed E-state index contributed by atoms with van der Waals surface area (Å²) < 4.78 is 20.6. The van der Waals surface area contributed by atoms with Gasteiger partial charge in [-0.25, -0.2) is 0 Å². The van der Waals surface area contributed by atoms with E-state index in [0.29, 0.717) is 0 Å². The van der Waals surface area contributed by atoms with Crippen molar-refractivity contribution in [3.8, 4) is 34.1 Å². The molecule has 1 aromatic heterocycles. The molecule has 0 amide bonds. The highest BCUT2D eigenvalue weighted by atomic mass is 16.5. The molecule has 5 aromatic carbocycles. The maximum Gasteiger partial charge on any atom is 0.265 e. The van der Waals surface area contributed by atoms with Gasteiger partial charge in [-0.1, -0.05) is 71.0 Å². The molecule has 4 heteroatoms. The van der Waals surface area contributed by atoms with Crippen LogP contribution < -0.4 is 25.9 Å². The van der Waals surface area contributed by atoms with Crippen molar-refractivity contribution < 1.29 is 13.9 Å². The predicted octanol–water partition coefficient (Wildman–Crippen LogP) is 8.41. The largest absolute Gasteiger partial charge is 0.458 e. The second-order valence-electron chi connectivity index (χ2n) is 14.8. The Balaban J connectivity index is 1.30. The van der Waals surface area contributed by atoms with Crippen molar-refractivity contribution in [1.82, 2.24) is 0 Å². The number of benzene rings is 5. The van der Waals surface area contributed by atoms with Crippen LogP contribution in [0, 0.1) is 0 Å². The van der Waals surface area contributed by atoms with Gasteiger partial charge in [-0.05, 0) is 105 Å². The molecule has 6 aromatic rings. The molecule has 0 radical (unpaired) electrons. The van der Waals surface area contributed by atoms with E-state index in [2.05, 4.69) is 107 Å². The lowest BCUT2D eigenvalue weighted by atomic mass is 9.34. The number of rotatable bonds is 0. The fourth-order valence-corrected chi connectivity index (χ4v) is 8.62. The number of hydrogen-bond acceptors (Lipinski definition) is 3. The molecular formula is C40H33BO3. The lowest BCUT2D eigenvalue weighted by Gasteiger charge is -2.35. The monoisotopic (exact) mass is 572 g/mol. The molecule has 44 heavy (non-hydrogen) atoms. The summed E-state index contributed by atoms with van der Waals surface area (Å²) in [5.74, 6) is 3.57. The number of aryl methyl sites for hydroxylation is 2. The molecule has 0 unspecified atom stereocenters. The molecule has 0 saturated heterocycles. The second-order valence-corrected chi connectivity index (χ2v) is 14.8. The van der Waals surface area contributed by atoms with E-state index in [9.17, 15) is 0 Å². The molecule has 214 valence electrons. The van der Waals surface area contributed by atoms with E-state index in [4.69, 9.17) is 13.9 Å². The maximum absolute atomic E-state index is 6.90. The number of fused-ring (bicyclic) bond motifs is 13. The van der Waals surface area contributed by atoms with Gasteiger partial charge in [0.15, 0.2) is 0 Å². The Bertz CT molecular complexity index is 2280. The van der Waals surface area contributed by atoms with E-state index in [1.54, 1.807) is 0 Å². The van der Waals surface area contributed by atoms with Crippen LogP contribution in [0.5, 0.6) is 23.0 Å². The lowest BCUT2D eigenvalue weighted by Crippen LogP contribution is -2.58. The highest BCUT2D eigenvalue weighted by Crippen LogP contribution is 2.51. The highest BCUT2D eigenvalue weighted by Gasteiger charge is 2.45. The standard InChI is InChI=1S/C40H33BO3/c1-39(2,3)22-17-33-36-34(18-22)43-32-19-26-24-10-6-7-12-27(24)40(4,5)28(26)20-29(32)41(36)37-31(42-33)16-14-25-35-23-11-8-9-21(23)13-15-30(35)44-38(25)37/h6-7,10,12-20H,8-9,11H2,1-5H3. The average Bonchev–Trinajstić information content (AvgIpc) is 3.68. The predicted molar refractivity (Wildman–Crippen MR) is 180 cm³/mol. The molecule has 3 heterocycles. The Morgan fingerprint density at radius 2 is 1.52 bits per heavy atom. The van der Waals surface area contributed by atoms with Gasteiger partial charge in [-0.2, -0.15) is 0 Å². The van der Waals surface area contributed by atoms with Crippen LogP contribution in [0.15, 0.2) is 77.2 Å². The van der Waals surface area contributed by atoms with Crippen molar-refractivity contribution >= 4 is 45.0 Å². The topological polar surface area (TPSA) is 31.6 Å².